The Morgan fingerprint density at radius 1 is 1.33 bits per heavy atom. The highest BCUT2D eigenvalue weighted by atomic mass is 16.4. The van der Waals surface area contributed by atoms with E-state index < -0.39 is 5.97 Å². The average molecular weight is 250 g/mol. The molecule has 0 saturated carbocycles. The fourth-order valence-corrected chi connectivity index (χ4v) is 1.73. The molecule has 1 aliphatic carbocycles. The normalized spacial score (nSPS) is 14.7. The summed E-state index contributed by atoms with van der Waals surface area (Å²) in [5.74, 6) is -0.845. The zero-order valence-corrected chi connectivity index (χ0v) is 9.68. The average Bonchev–Trinajstić information content (AvgIpc) is 2.96. The van der Waals surface area contributed by atoms with Crippen molar-refractivity contribution in [3.05, 3.63) is 35.8 Å². The van der Waals surface area contributed by atoms with Crippen molar-refractivity contribution < 1.29 is 19.1 Å². The Morgan fingerprint density at radius 2 is 2.06 bits per heavy atom. The van der Waals surface area contributed by atoms with Gasteiger partial charge in [0.05, 0.1) is 6.54 Å². The minimum absolute atomic E-state index is 0.132. The summed E-state index contributed by atoms with van der Waals surface area (Å²) in [4.78, 5) is 22.1. The number of urea groups is 1. The van der Waals surface area contributed by atoms with Crippen LogP contribution in [0.1, 0.15) is 29.2 Å². The van der Waals surface area contributed by atoms with Gasteiger partial charge in [-0.15, -0.1) is 0 Å². The van der Waals surface area contributed by atoms with Gasteiger partial charge in [-0.1, -0.05) is 12.2 Å². The highest BCUT2D eigenvalue weighted by molar-refractivity contribution is 5.84. The van der Waals surface area contributed by atoms with Crippen LogP contribution in [-0.4, -0.2) is 23.1 Å². The molecule has 96 valence electrons. The van der Waals surface area contributed by atoms with Gasteiger partial charge < -0.3 is 20.2 Å². The van der Waals surface area contributed by atoms with Crippen LogP contribution in [0, 0.1) is 0 Å². The molecule has 0 saturated heterocycles. The fourth-order valence-electron chi connectivity index (χ4n) is 1.73. The van der Waals surface area contributed by atoms with Gasteiger partial charge in [0.1, 0.15) is 5.76 Å². The summed E-state index contributed by atoms with van der Waals surface area (Å²) in [6.45, 7) is 0.166. The van der Waals surface area contributed by atoms with E-state index in [1.807, 2.05) is 12.2 Å². The van der Waals surface area contributed by atoms with E-state index >= 15 is 0 Å². The molecule has 0 fully saturated rings. The number of nitrogens with one attached hydrogen (secondary N) is 2. The second-order valence-corrected chi connectivity index (χ2v) is 4.04. The number of amides is 2. The van der Waals surface area contributed by atoms with Gasteiger partial charge in [0.15, 0.2) is 0 Å². The van der Waals surface area contributed by atoms with Crippen molar-refractivity contribution in [3.8, 4) is 0 Å². The molecule has 0 aromatic carbocycles. The molecule has 0 unspecified atom stereocenters. The molecule has 0 spiro atoms. The molecule has 2 amide bonds. The minimum atomic E-state index is -1.12. The second kappa shape index (κ2) is 5.39. The smallest absolute Gasteiger partial charge is 0.371 e. The lowest BCUT2D eigenvalue weighted by Gasteiger charge is -2.12. The first-order valence-electron chi connectivity index (χ1n) is 5.66. The number of rotatable bonds is 4. The van der Waals surface area contributed by atoms with Crippen molar-refractivity contribution in [2.45, 2.75) is 25.4 Å². The highest BCUT2D eigenvalue weighted by Crippen LogP contribution is 2.09. The largest absolute Gasteiger partial charge is 0.475 e. The van der Waals surface area contributed by atoms with Gasteiger partial charge in [-0.2, -0.15) is 0 Å². The van der Waals surface area contributed by atoms with Gasteiger partial charge in [0.2, 0.25) is 5.76 Å². The van der Waals surface area contributed by atoms with E-state index in [1.165, 1.54) is 12.1 Å². The second-order valence-electron chi connectivity index (χ2n) is 4.04. The summed E-state index contributed by atoms with van der Waals surface area (Å²) in [5.41, 5.74) is 0. The Morgan fingerprint density at radius 3 is 2.67 bits per heavy atom. The number of hydrogen-bond acceptors (Lipinski definition) is 3. The number of carboxylic acid groups (broad SMARTS) is 1. The quantitative estimate of drug-likeness (QED) is 0.706. The standard InChI is InChI=1S/C12H14N2O4/c15-11(16)10-6-5-9(18-10)7-13-12(17)14-8-3-1-2-4-8/h1-2,5-6,8H,3-4,7H2,(H,15,16)(H2,13,14,17). The summed E-state index contributed by atoms with van der Waals surface area (Å²) < 4.78 is 5.01. The SMILES string of the molecule is O=C(NCc1ccc(C(=O)O)o1)NC1CC=CC1. The number of carbonyl (C=O) groups excluding carboxylic acids is 1. The maximum absolute atomic E-state index is 11.5. The third kappa shape index (κ3) is 3.13. The Balaban J connectivity index is 1.76. The van der Waals surface area contributed by atoms with E-state index in [1.54, 1.807) is 0 Å². The number of furan rings is 1. The van der Waals surface area contributed by atoms with E-state index in [2.05, 4.69) is 10.6 Å². The maximum atomic E-state index is 11.5. The Hall–Kier alpha value is -2.24. The van der Waals surface area contributed by atoms with Gasteiger partial charge in [0.25, 0.3) is 0 Å². The maximum Gasteiger partial charge on any atom is 0.371 e. The van der Waals surface area contributed by atoms with Crippen molar-refractivity contribution in [2.75, 3.05) is 0 Å². The molecule has 0 atom stereocenters. The van der Waals surface area contributed by atoms with Crippen LogP contribution in [0.2, 0.25) is 0 Å². The van der Waals surface area contributed by atoms with Crippen LogP contribution in [0.25, 0.3) is 0 Å². The van der Waals surface area contributed by atoms with Gasteiger partial charge in [-0.25, -0.2) is 9.59 Å². The lowest BCUT2D eigenvalue weighted by atomic mass is 10.2. The van der Waals surface area contributed by atoms with Crippen molar-refractivity contribution in [2.24, 2.45) is 0 Å². The topological polar surface area (TPSA) is 91.6 Å². The van der Waals surface area contributed by atoms with E-state index in [4.69, 9.17) is 9.52 Å². The highest BCUT2D eigenvalue weighted by Gasteiger charge is 2.13. The molecule has 1 heterocycles. The van der Waals surface area contributed by atoms with Crippen LogP contribution >= 0.6 is 0 Å². The van der Waals surface area contributed by atoms with Crippen LogP contribution in [-0.2, 0) is 6.54 Å². The number of hydrogen-bond donors (Lipinski definition) is 3. The lowest BCUT2D eigenvalue weighted by molar-refractivity contribution is 0.0660. The molecule has 1 aliphatic rings. The van der Waals surface area contributed by atoms with E-state index in [9.17, 15) is 9.59 Å². The molecule has 3 N–H and O–H groups in total. The van der Waals surface area contributed by atoms with Crippen molar-refractivity contribution >= 4 is 12.0 Å². The van der Waals surface area contributed by atoms with Gasteiger partial charge >= 0.3 is 12.0 Å². The summed E-state index contributed by atoms with van der Waals surface area (Å²) in [7, 11) is 0. The lowest BCUT2D eigenvalue weighted by Crippen LogP contribution is -2.40. The first-order chi connectivity index (χ1) is 8.65. The van der Waals surface area contributed by atoms with Crippen LogP contribution < -0.4 is 10.6 Å². The van der Waals surface area contributed by atoms with Gasteiger partial charge in [-0.05, 0) is 25.0 Å². The molecule has 6 nitrogen and oxygen atoms in total. The van der Waals surface area contributed by atoms with E-state index in [-0.39, 0.29) is 24.4 Å². The predicted octanol–water partition coefficient (Wildman–Crippen LogP) is 1.50. The zero-order chi connectivity index (χ0) is 13.0. The Bertz CT molecular complexity index is 470. The molecule has 0 aliphatic heterocycles. The third-order valence-corrected chi connectivity index (χ3v) is 2.64. The summed E-state index contributed by atoms with van der Waals surface area (Å²) >= 11 is 0. The third-order valence-electron chi connectivity index (χ3n) is 2.64. The Kier molecular flexibility index (Phi) is 3.66. The molecule has 18 heavy (non-hydrogen) atoms. The van der Waals surface area contributed by atoms with Crippen molar-refractivity contribution in [1.82, 2.24) is 10.6 Å². The van der Waals surface area contributed by atoms with Crippen LogP contribution in [0.15, 0.2) is 28.7 Å². The molecule has 6 heteroatoms. The number of carboxylic acids is 1. The number of aromatic carboxylic acids is 1. The molecular weight excluding hydrogens is 236 g/mol. The molecule has 1 aromatic heterocycles. The molecule has 1 aromatic rings. The zero-order valence-electron chi connectivity index (χ0n) is 9.68. The van der Waals surface area contributed by atoms with Gasteiger partial charge in [0, 0.05) is 6.04 Å². The first kappa shape index (κ1) is 12.2. The monoisotopic (exact) mass is 250 g/mol. The molecule has 0 radical (unpaired) electrons. The Labute approximate surface area is 104 Å². The van der Waals surface area contributed by atoms with Gasteiger partial charge in [-0.3, -0.25) is 0 Å². The summed E-state index contributed by atoms with van der Waals surface area (Å²) in [6, 6.07) is 2.76. The fraction of sp³-hybridized carbons (Fsp3) is 0.333. The number of carbonyl (C=O) groups is 2. The van der Waals surface area contributed by atoms with E-state index in [0.29, 0.717) is 5.76 Å². The summed E-state index contributed by atoms with van der Waals surface area (Å²) in [5, 5.41) is 14.1. The van der Waals surface area contributed by atoms with Crippen molar-refractivity contribution in [1.29, 1.82) is 0 Å². The van der Waals surface area contributed by atoms with Crippen LogP contribution in [0.5, 0.6) is 0 Å². The molecular formula is C12H14N2O4. The predicted molar refractivity (Wildman–Crippen MR) is 63.2 cm³/mol. The molecule has 0 bridgehead atoms. The van der Waals surface area contributed by atoms with Crippen LogP contribution in [0.3, 0.4) is 0 Å². The van der Waals surface area contributed by atoms with Crippen LogP contribution in [0.4, 0.5) is 4.79 Å². The minimum Gasteiger partial charge on any atom is -0.475 e. The van der Waals surface area contributed by atoms with E-state index in [0.717, 1.165) is 12.8 Å². The first-order valence-corrected chi connectivity index (χ1v) is 5.66. The summed E-state index contributed by atoms with van der Waals surface area (Å²) in [6.07, 6.45) is 5.74. The van der Waals surface area contributed by atoms with Crippen molar-refractivity contribution in [3.63, 3.8) is 0 Å². The molecule has 2 rings (SSSR count).